The molecule has 9 heteroatoms. The molecule has 2 rings (SSSR count). The van der Waals surface area contributed by atoms with Crippen LogP contribution in [0.5, 0.6) is 0 Å². The van der Waals surface area contributed by atoms with Crippen LogP contribution in [0.15, 0.2) is 42.3 Å². The number of anilines is 1. The summed E-state index contributed by atoms with van der Waals surface area (Å²) in [5.41, 5.74) is 0.0734. The van der Waals surface area contributed by atoms with E-state index in [0.29, 0.717) is 4.47 Å². The Kier molecular flexibility index (Phi) is 4.61. The molecule has 1 aromatic carbocycles. The summed E-state index contributed by atoms with van der Waals surface area (Å²) in [7, 11) is 0. The summed E-state index contributed by atoms with van der Waals surface area (Å²) in [5, 5.41) is 13.6. The van der Waals surface area contributed by atoms with E-state index in [4.69, 9.17) is 4.42 Å². The third kappa shape index (κ3) is 2.94. The van der Waals surface area contributed by atoms with Gasteiger partial charge in [-0.3, -0.25) is 14.9 Å². The quantitative estimate of drug-likeness (QED) is 0.521. The lowest BCUT2D eigenvalue weighted by Crippen LogP contribution is -2.12. The van der Waals surface area contributed by atoms with Crippen LogP contribution >= 0.6 is 47.8 Å². The molecule has 0 fully saturated rings. The smallest absolute Gasteiger partial charge is 0.299 e. The first kappa shape index (κ1) is 15.2. The van der Waals surface area contributed by atoms with Crippen LogP contribution in [0.2, 0.25) is 0 Å². The second-order valence-electron chi connectivity index (χ2n) is 3.57. The SMILES string of the molecule is O=C(Nc1c(Br)cc(Br)c([N+](=O)[O-])c1Br)c1ccco1. The molecule has 1 aromatic heterocycles. The standard InChI is InChI=1S/C11H5Br3N2O4/c12-5-4-6(13)10(16(18)19)8(14)9(5)15-11(17)7-2-1-3-20-7/h1-4H,(H,15,17). The van der Waals surface area contributed by atoms with Crippen LogP contribution in [0.4, 0.5) is 11.4 Å². The average Bonchev–Trinajstić information content (AvgIpc) is 2.87. The Morgan fingerprint density at radius 3 is 2.55 bits per heavy atom. The van der Waals surface area contributed by atoms with Crippen molar-refractivity contribution in [3.05, 3.63) is 53.8 Å². The highest BCUT2D eigenvalue weighted by molar-refractivity contribution is 9.11. The van der Waals surface area contributed by atoms with Crippen molar-refractivity contribution in [3.8, 4) is 0 Å². The lowest BCUT2D eigenvalue weighted by molar-refractivity contribution is -0.386. The predicted molar refractivity (Wildman–Crippen MR) is 82.9 cm³/mol. The first-order chi connectivity index (χ1) is 9.41. The third-order valence-electron chi connectivity index (χ3n) is 2.31. The topological polar surface area (TPSA) is 85.4 Å². The van der Waals surface area contributed by atoms with Gasteiger partial charge < -0.3 is 9.73 Å². The van der Waals surface area contributed by atoms with E-state index < -0.39 is 10.8 Å². The zero-order chi connectivity index (χ0) is 14.9. The molecular formula is C11H5Br3N2O4. The minimum Gasteiger partial charge on any atom is -0.459 e. The Balaban J connectivity index is 2.44. The summed E-state index contributed by atoms with van der Waals surface area (Å²) in [6.45, 7) is 0. The molecule has 20 heavy (non-hydrogen) atoms. The molecule has 0 aliphatic heterocycles. The van der Waals surface area contributed by atoms with Crippen LogP contribution in [0, 0.1) is 10.1 Å². The van der Waals surface area contributed by atoms with Crippen molar-refractivity contribution in [2.24, 2.45) is 0 Å². The Hall–Kier alpha value is -1.19. The van der Waals surface area contributed by atoms with Crippen LogP contribution in [-0.4, -0.2) is 10.8 Å². The molecule has 0 saturated heterocycles. The Morgan fingerprint density at radius 1 is 1.30 bits per heavy atom. The maximum Gasteiger partial charge on any atom is 0.299 e. The van der Waals surface area contributed by atoms with E-state index in [0.717, 1.165) is 0 Å². The number of carbonyl (C=O) groups is 1. The Morgan fingerprint density at radius 2 is 2.00 bits per heavy atom. The van der Waals surface area contributed by atoms with Gasteiger partial charge in [0.2, 0.25) is 0 Å². The number of amides is 1. The van der Waals surface area contributed by atoms with Crippen molar-refractivity contribution in [2.75, 3.05) is 5.32 Å². The van der Waals surface area contributed by atoms with Crippen LogP contribution in [0.3, 0.4) is 0 Å². The predicted octanol–water partition coefficient (Wildman–Crippen LogP) is 4.73. The molecule has 0 radical (unpaired) electrons. The summed E-state index contributed by atoms with van der Waals surface area (Å²) in [4.78, 5) is 22.4. The van der Waals surface area contributed by atoms with E-state index in [2.05, 4.69) is 53.1 Å². The van der Waals surface area contributed by atoms with Crippen molar-refractivity contribution in [2.45, 2.75) is 0 Å². The molecule has 6 nitrogen and oxygen atoms in total. The molecule has 1 N–H and O–H groups in total. The number of furan rings is 1. The summed E-state index contributed by atoms with van der Waals surface area (Å²) in [6.07, 6.45) is 1.36. The molecule has 0 atom stereocenters. The highest BCUT2D eigenvalue weighted by Crippen LogP contribution is 2.43. The van der Waals surface area contributed by atoms with Gasteiger partial charge in [-0.15, -0.1) is 0 Å². The zero-order valence-electron chi connectivity index (χ0n) is 9.52. The van der Waals surface area contributed by atoms with E-state index in [1.807, 2.05) is 0 Å². The van der Waals surface area contributed by atoms with E-state index in [-0.39, 0.29) is 26.1 Å². The lowest BCUT2D eigenvalue weighted by atomic mass is 10.2. The van der Waals surface area contributed by atoms with Gasteiger partial charge in [0.1, 0.15) is 4.47 Å². The Labute approximate surface area is 138 Å². The fourth-order valence-electron chi connectivity index (χ4n) is 1.44. The molecule has 1 heterocycles. The highest BCUT2D eigenvalue weighted by Gasteiger charge is 2.24. The van der Waals surface area contributed by atoms with E-state index in [9.17, 15) is 14.9 Å². The number of hydrogen-bond donors (Lipinski definition) is 1. The number of nitro groups is 1. The van der Waals surface area contributed by atoms with Gasteiger partial charge in [0, 0.05) is 4.47 Å². The molecule has 0 aliphatic carbocycles. The monoisotopic (exact) mass is 466 g/mol. The van der Waals surface area contributed by atoms with Crippen molar-refractivity contribution >= 4 is 65.1 Å². The molecule has 1 amide bonds. The summed E-state index contributed by atoms with van der Waals surface area (Å²) in [5.74, 6) is -0.401. The summed E-state index contributed by atoms with van der Waals surface area (Å²) in [6, 6.07) is 4.55. The average molecular weight is 469 g/mol. The normalized spacial score (nSPS) is 10.3. The van der Waals surface area contributed by atoms with Gasteiger partial charge in [-0.1, -0.05) is 0 Å². The third-order valence-corrected chi connectivity index (χ3v) is 4.31. The van der Waals surface area contributed by atoms with Crippen LogP contribution in [-0.2, 0) is 0 Å². The largest absolute Gasteiger partial charge is 0.459 e. The molecular weight excluding hydrogens is 464 g/mol. The van der Waals surface area contributed by atoms with E-state index >= 15 is 0 Å². The first-order valence-electron chi connectivity index (χ1n) is 5.08. The number of nitro benzene ring substituents is 1. The van der Waals surface area contributed by atoms with Crippen LogP contribution < -0.4 is 5.32 Å². The molecule has 104 valence electrons. The second-order valence-corrected chi connectivity index (χ2v) is 6.07. The highest BCUT2D eigenvalue weighted by atomic mass is 79.9. The van der Waals surface area contributed by atoms with E-state index in [1.54, 1.807) is 6.07 Å². The van der Waals surface area contributed by atoms with Crippen molar-refractivity contribution < 1.29 is 14.1 Å². The maximum atomic E-state index is 11.9. The van der Waals surface area contributed by atoms with Crippen LogP contribution in [0.25, 0.3) is 0 Å². The van der Waals surface area contributed by atoms with E-state index in [1.165, 1.54) is 18.4 Å². The zero-order valence-corrected chi connectivity index (χ0v) is 14.3. The minimum absolute atomic E-state index is 0.106. The van der Waals surface area contributed by atoms with Gasteiger partial charge in [-0.2, -0.15) is 0 Å². The lowest BCUT2D eigenvalue weighted by Gasteiger charge is -2.10. The molecule has 0 bridgehead atoms. The number of nitrogens with one attached hydrogen (secondary N) is 1. The van der Waals surface area contributed by atoms with Crippen LogP contribution in [0.1, 0.15) is 10.6 Å². The first-order valence-corrected chi connectivity index (χ1v) is 7.46. The van der Waals surface area contributed by atoms with Crippen molar-refractivity contribution in [1.82, 2.24) is 0 Å². The number of halogens is 3. The minimum atomic E-state index is -0.552. The number of rotatable bonds is 3. The van der Waals surface area contributed by atoms with Gasteiger partial charge in [0.05, 0.1) is 21.3 Å². The van der Waals surface area contributed by atoms with Gasteiger partial charge in [0.25, 0.3) is 11.6 Å². The fraction of sp³-hybridized carbons (Fsp3) is 0. The Bertz CT molecular complexity index is 685. The molecule has 0 unspecified atom stereocenters. The summed E-state index contributed by atoms with van der Waals surface area (Å²) < 4.78 is 5.90. The molecule has 2 aromatic rings. The van der Waals surface area contributed by atoms with Gasteiger partial charge in [-0.25, -0.2) is 0 Å². The van der Waals surface area contributed by atoms with Crippen molar-refractivity contribution in [3.63, 3.8) is 0 Å². The number of benzene rings is 1. The second kappa shape index (κ2) is 6.06. The molecule has 0 spiro atoms. The van der Waals surface area contributed by atoms with Gasteiger partial charge in [-0.05, 0) is 66.0 Å². The van der Waals surface area contributed by atoms with Crippen molar-refractivity contribution in [1.29, 1.82) is 0 Å². The number of nitrogens with zero attached hydrogens (tertiary/aromatic N) is 1. The van der Waals surface area contributed by atoms with Gasteiger partial charge >= 0.3 is 0 Å². The number of carbonyl (C=O) groups excluding carboxylic acids is 1. The molecule has 0 aliphatic rings. The maximum absolute atomic E-state index is 11.9. The summed E-state index contributed by atoms with van der Waals surface area (Å²) >= 11 is 9.48. The fourth-order valence-corrected chi connectivity index (χ4v) is 4.05. The van der Waals surface area contributed by atoms with Gasteiger partial charge in [0.15, 0.2) is 5.76 Å². The number of hydrogen-bond acceptors (Lipinski definition) is 4. The molecule has 0 saturated carbocycles.